The highest BCUT2D eigenvalue weighted by atomic mass is 32.1. The maximum atomic E-state index is 10.1. The van der Waals surface area contributed by atoms with Crippen molar-refractivity contribution in [2.45, 2.75) is 26.7 Å². The van der Waals surface area contributed by atoms with Crippen LogP contribution in [0.2, 0.25) is 0 Å². The van der Waals surface area contributed by atoms with E-state index in [9.17, 15) is 5.26 Å². The van der Waals surface area contributed by atoms with Gasteiger partial charge in [-0.05, 0) is 74.7 Å². The number of rotatable bonds is 9. The Labute approximate surface area is 237 Å². The van der Waals surface area contributed by atoms with E-state index in [1.54, 1.807) is 11.3 Å². The molecule has 0 saturated carbocycles. The fraction of sp³-hybridized carbons (Fsp3) is 0.484. The molecule has 3 N–H and O–H groups in total. The van der Waals surface area contributed by atoms with E-state index >= 15 is 0 Å². The van der Waals surface area contributed by atoms with Crippen molar-refractivity contribution in [3.05, 3.63) is 58.6 Å². The Morgan fingerprint density at radius 1 is 1.00 bits per heavy atom. The number of allylic oxidation sites excluding steroid dienone is 1. The smallest absolute Gasteiger partial charge is 0.135 e. The molecule has 0 atom stereocenters. The lowest BCUT2D eigenvalue weighted by Crippen LogP contribution is -2.42. The first-order chi connectivity index (χ1) is 19.2. The second-order valence-electron chi connectivity index (χ2n) is 9.91. The predicted octanol–water partition coefficient (Wildman–Crippen LogP) is 4.22. The van der Waals surface area contributed by atoms with E-state index in [0.29, 0.717) is 5.57 Å². The molecule has 0 aliphatic carbocycles. The molecule has 8 heteroatoms. The Kier molecular flexibility index (Phi) is 11.8. The van der Waals surface area contributed by atoms with Crippen molar-refractivity contribution < 1.29 is 0 Å². The van der Waals surface area contributed by atoms with Crippen molar-refractivity contribution in [2.24, 2.45) is 0 Å². The number of nitriles is 1. The summed E-state index contributed by atoms with van der Waals surface area (Å²) in [4.78, 5) is 9.70. The van der Waals surface area contributed by atoms with Crippen LogP contribution in [0.15, 0.2) is 42.5 Å². The van der Waals surface area contributed by atoms with E-state index in [2.05, 4.69) is 69.9 Å². The molecule has 3 aromatic rings. The molecule has 1 fully saturated rings. The van der Waals surface area contributed by atoms with Crippen LogP contribution in [0.5, 0.6) is 0 Å². The van der Waals surface area contributed by atoms with Crippen LogP contribution in [-0.4, -0.2) is 81.9 Å². The summed E-state index contributed by atoms with van der Waals surface area (Å²) in [7, 11) is 0. The molecule has 1 saturated heterocycles. The number of aryl methyl sites for hydroxylation is 1. The zero-order valence-electron chi connectivity index (χ0n) is 23.5. The number of nitrogens with one attached hydrogen (secondary N) is 3. The molecule has 0 bridgehead atoms. The summed E-state index contributed by atoms with van der Waals surface area (Å²) in [6, 6.07) is 17.2. The predicted molar refractivity (Wildman–Crippen MR) is 166 cm³/mol. The van der Waals surface area contributed by atoms with Crippen molar-refractivity contribution in [3.8, 4) is 6.07 Å². The van der Waals surface area contributed by atoms with Gasteiger partial charge in [-0.2, -0.15) is 5.26 Å². The van der Waals surface area contributed by atoms with Crippen LogP contribution in [0, 0.1) is 11.3 Å². The molecule has 2 heterocycles. The molecule has 0 spiro atoms. The Morgan fingerprint density at radius 2 is 1.69 bits per heavy atom. The molecule has 7 nitrogen and oxygen atoms in total. The maximum absolute atomic E-state index is 10.1. The van der Waals surface area contributed by atoms with Gasteiger partial charge in [-0.25, -0.2) is 4.98 Å². The number of hydrogen-bond acceptors (Lipinski definition) is 8. The Hall–Kier alpha value is -2.80. The summed E-state index contributed by atoms with van der Waals surface area (Å²) >= 11 is 1.58. The molecule has 0 unspecified atom stereocenters. The third-order valence-electron chi connectivity index (χ3n) is 7.29. The van der Waals surface area contributed by atoms with Crippen LogP contribution in [-0.2, 0) is 6.42 Å². The molecule has 0 radical (unpaired) electrons. The lowest BCUT2D eigenvalue weighted by molar-refractivity contribution is 0.268. The van der Waals surface area contributed by atoms with E-state index in [-0.39, 0.29) is 0 Å². The number of fused-ring (bicyclic) bond motifs is 1. The zero-order chi connectivity index (χ0) is 27.3. The monoisotopic (exact) mass is 545 g/mol. The van der Waals surface area contributed by atoms with Gasteiger partial charge in [0.2, 0.25) is 0 Å². The van der Waals surface area contributed by atoms with Crippen LogP contribution in [0.3, 0.4) is 0 Å². The third-order valence-corrected chi connectivity index (χ3v) is 8.36. The summed E-state index contributed by atoms with van der Waals surface area (Å²) in [6.07, 6.45) is 4.09. The largest absolute Gasteiger partial charge is 0.372 e. The number of thiazole rings is 1. The highest BCUT2D eigenvalue weighted by molar-refractivity contribution is 7.19. The minimum absolute atomic E-state index is 0.628. The van der Waals surface area contributed by atoms with E-state index < -0.39 is 0 Å². The fourth-order valence-corrected chi connectivity index (χ4v) is 5.98. The molecule has 1 aromatic heterocycles. The number of para-hydroxylation sites is 1. The molecule has 4 rings (SSSR count). The minimum Gasteiger partial charge on any atom is -0.372 e. The summed E-state index contributed by atoms with van der Waals surface area (Å²) in [5, 5.41) is 21.4. The molecule has 1 aliphatic heterocycles. The van der Waals surface area contributed by atoms with Crippen LogP contribution in [0.1, 0.15) is 36.4 Å². The zero-order valence-corrected chi connectivity index (χ0v) is 24.3. The number of nitrogens with zero attached hydrogens (tertiary/aromatic N) is 4. The van der Waals surface area contributed by atoms with Gasteiger partial charge in [0.15, 0.2) is 0 Å². The molecular weight excluding hydrogens is 502 g/mol. The number of anilines is 1. The van der Waals surface area contributed by atoms with Crippen LogP contribution < -0.4 is 20.9 Å². The summed E-state index contributed by atoms with van der Waals surface area (Å²) < 4.78 is 1.11. The van der Waals surface area contributed by atoms with Crippen molar-refractivity contribution in [1.82, 2.24) is 25.8 Å². The van der Waals surface area contributed by atoms with E-state index in [1.165, 1.54) is 11.3 Å². The SMILES string of the molecule is CCN(CC)c1ccc(/C=C(\C#N)c2nc3ccccc3s2)c(CCCN2CCNCCNCCNCC2)c1. The van der Waals surface area contributed by atoms with Crippen molar-refractivity contribution in [2.75, 3.05) is 76.9 Å². The Bertz CT molecular complexity index is 1200. The van der Waals surface area contributed by atoms with Crippen LogP contribution >= 0.6 is 11.3 Å². The lowest BCUT2D eigenvalue weighted by atomic mass is 9.99. The van der Waals surface area contributed by atoms with Crippen LogP contribution in [0.25, 0.3) is 21.9 Å². The number of benzene rings is 2. The molecule has 1 aliphatic rings. The quantitative estimate of drug-likeness (QED) is 0.348. The van der Waals surface area contributed by atoms with Crippen molar-refractivity contribution in [1.29, 1.82) is 5.26 Å². The topological polar surface area (TPSA) is 79.2 Å². The standard InChI is InChI=1S/C31H43N7S/c1-3-38(4-2)28-12-11-26(22-27(24-32)31-36-29-9-5-6-10-30(29)39-31)25(23-28)8-7-19-37-20-17-34-15-13-33-14-16-35-18-21-37/h5-6,9-12,22-23,33-35H,3-4,7-8,13-21H2,1-2H3/b27-22+. The molecule has 39 heavy (non-hydrogen) atoms. The maximum Gasteiger partial charge on any atom is 0.135 e. The highest BCUT2D eigenvalue weighted by Crippen LogP contribution is 2.30. The minimum atomic E-state index is 0.628. The summed E-state index contributed by atoms with van der Waals surface area (Å²) in [6.45, 7) is 15.6. The van der Waals surface area contributed by atoms with Gasteiger partial charge >= 0.3 is 0 Å². The van der Waals surface area contributed by atoms with E-state index in [4.69, 9.17) is 4.98 Å². The first-order valence-electron chi connectivity index (χ1n) is 14.4. The van der Waals surface area contributed by atoms with Crippen molar-refractivity contribution in [3.63, 3.8) is 0 Å². The van der Waals surface area contributed by atoms with Gasteiger partial charge in [-0.1, -0.05) is 18.2 Å². The van der Waals surface area contributed by atoms with Gasteiger partial charge in [0.25, 0.3) is 0 Å². The normalized spacial score (nSPS) is 16.4. The van der Waals surface area contributed by atoms with Gasteiger partial charge in [-0.3, -0.25) is 0 Å². The van der Waals surface area contributed by atoms with Crippen molar-refractivity contribution >= 4 is 38.9 Å². The first-order valence-corrected chi connectivity index (χ1v) is 15.2. The van der Waals surface area contributed by atoms with Gasteiger partial charge < -0.3 is 25.8 Å². The fourth-order valence-electron chi connectivity index (χ4n) is 5.05. The molecule has 0 amide bonds. The van der Waals surface area contributed by atoms with E-state index in [0.717, 1.165) is 106 Å². The van der Waals surface area contributed by atoms with Gasteiger partial charge in [0.05, 0.1) is 15.8 Å². The van der Waals surface area contributed by atoms with Gasteiger partial charge in [-0.15, -0.1) is 11.3 Å². The second kappa shape index (κ2) is 15.7. The van der Waals surface area contributed by atoms with Gasteiger partial charge in [0, 0.05) is 71.1 Å². The van der Waals surface area contributed by atoms with E-state index in [1.807, 2.05) is 24.3 Å². The number of hydrogen-bond donors (Lipinski definition) is 3. The summed E-state index contributed by atoms with van der Waals surface area (Å²) in [5.74, 6) is 0. The lowest BCUT2D eigenvalue weighted by Gasteiger charge is -2.24. The van der Waals surface area contributed by atoms with Gasteiger partial charge in [0.1, 0.15) is 11.1 Å². The average Bonchev–Trinajstić information content (AvgIpc) is 3.38. The molecule has 2 aromatic carbocycles. The Balaban J connectivity index is 1.52. The molecule has 208 valence electrons. The number of aromatic nitrogens is 1. The third kappa shape index (κ3) is 8.59. The highest BCUT2D eigenvalue weighted by Gasteiger charge is 2.13. The van der Waals surface area contributed by atoms with Crippen LogP contribution in [0.4, 0.5) is 5.69 Å². The Morgan fingerprint density at radius 3 is 2.36 bits per heavy atom. The average molecular weight is 546 g/mol. The second-order valence-corrected chi connectivity index (χ2v) is 10.9. The summed E-state index contributed by atoms with van der Waals surface area (Å²) in [5.41, 5.74) is 5.24. The molecular formula is C31H43N7S. The first kappa shape index (κ1) is 29.2.